The lowest BCUT2D eigenvalue weighted by atomic mass is 9.92. The van der Waals surface area contributed by atoms with Gasteiger partial charge in [0.2, 0.25) is 0 Å². The van der Waals surface area contributed by atoms with Gasteiger partial charge in [0, 0.05) is 12.6 Å². The van der Waals surface area contributed by atoms with Gasteiger partial charge in [0.05, 0.1) is 7.11 Å². The fourth-order valence-corrected chi connectivity index (χ4v) is 2.17. The third kappa shape index (κ3) is 2.36. The molecule has 0 aromatic heterocycles. The number of ether oxygens (including phenoxy) is 1. The van der Waals surface area contributed by atoms with Crippen LogP contribution in [0.1, 0.15) is 28.3 Å². The molecule has 0 aliphatic carbocycles. The monoisotopic (exact) mass is 222 g/mol. The summed E-state index contributed by atoms with van der Waals surface area (Å²) in [6, 6.07) is 2.10. The lowest BCUT2D eigenvalue weighted by Gasteiger charge is -2.20. The zero-order chi connectivity index (χ0) is 12.3. The smallest absolute Gasteiger partial charge is 0.122 e. The van der Waals surface area contributed by atoms with Gasteiger partial charge in [-0.3, -0.25) is 0 Å². The van der Waals surface area contributed by atoms with E-state index in [4.69, 9.17) is 10.5 Å². The second-order valence-corrected chi connectivity index (χ2v) is 4.22. The molecule has 16 heavy (non-hydrogen) atoms. The van der Waals surface area contributed by atoms with Crippen LogP contribution in [0.3, 0.4) is 0 Å². The van der Waals surface area contributed by atoms with Crippen LogP contribution >= 0.6 is 0 Å². The Morgan fingerprint density at radius 1 is 1.31 bits per heavy atom. The second-order valence-electron chi connectivity index (χ2n) is 4.22. The molecule has 0 radical (unpaired) electrons. The van der Waals surface area contributed by atoms with E-state index in [0.29, 0.717) is 0 Å². The van der Waals surface area contributed by atoms with Crippen LogP contribution in [0.25, 0.3) is 0 Å². The number of hydrogen-bond acceptors (Lipinski definition) is 3. The minimum absolute atomic E-state index is 0.0367. The van der Waals surface area contributed by atoms with Crippen molar-refractivity contribution in [3.05, 3.63) is 28.3 Å². The summed E-state index contributed by atoms with van der Waals surface area (Å²) in [6.07, 6.45) is 0. The van der Waals surface area contributed by atoms with Gasteiger partial charge < -0.3 is 15.8 Å². The molecule has 1 atom stereocenters. The van der Waals surface area contributed by atoms with E-state index < -0.39 is 0 Å². The molecule has 1 unspecified atom stereocenters. The van der Waals surface area contributed by atoms with E-state index in [9.17, 15) is 0 Å². The number of hydrogen-bond donors (Lipinski definition) is 2. The van der Waals surface area contributed by atoms with Crippen molar-refractivity contribution in [1.82, 2.24) is 5.32 Å². The average Bonchev–Trinajstić information content (AvgIpc) is 2.24. The molecular formula is C13H22N2O. The van der Waals surface area contributed by atoms with Crippen LogP contribution < -0.4 is 15.8 Å². The molecule has 0 bridgehead atoms. The van der Waals surface area contributed by atoms with Crippen LogP contribution in [0.2, 0.25) is 0 Å². The van der Waals surface area contributed by atoms with Gasteiger partial charge in [-0.2, -0.15) is 0 Å². The molecule has 3 heteroatoms. The number of aryl methyl sites for hydroxylation is 1. The highest BCUT2D eigenvalue weighted by molar-refractivity contribution is 5.49. The minimum Gasteiger partial charge on any atom is -0.496 e. The molecule has 1 aromatic rings. The minimum atomic E-state index is 0.0367. The Morgan fingerprint density at radius 3 is 2.44 bits per heavy atom. The predicted molar refractivity (Wildman–Crippen MR) is 68.1 cm³/mol. The van der Waals surface area contributed by atoms with Crippen molar-refractivity contribution in [2.45, 2.75) is 26.8 Å². The van der Waals surface area contributed by atoms with Gasteiger partial charge in [-0.05, 0) is 56.1 Å². The highest BCUT2D eigenvalue weighted by atomic mass is 16.5. The molecule has 0 heterocycles. The van der Waals surface area contributed by atoms with Crippen LogP contribution in [-0.4, -0.2) is 20.7 Å². The molecule has 90 valence electrons. The van der Waals surface area contributed by atoms with Gasteiger partial charge in [-0.25, -0.2) is 0 Å². The quantitative estimate of drug-likeness (QED) is 0.817. The second kappa shape index (κ2) is 5.32. The lowest BCUT2D eigenvalue weighted by molar-refractivity contribution is 0.410. The Bertz CT molecular complexity index is 375. The molecule has 0 amide bonds. The van der Waals surface area contributed by atoms with Crippen molar-refractivity contribution in [3.8, 4) is 5.75 Å². The maximum absolute atomic E-state index is 6.16. The standard InChI is InChI=1S/C13H22N2O/c1-8-6-12(16-5)9(2)10(3)13(8)11(14)7-15-4/h6,11,15H,7,14H2,1-5H3. The molecule has 3 N–H and O–H groups in total. The highest BCUT2D eigenvalue weighted by Crippen LogP contribution is 2.30. The lowest BCUT2D eigenvalue weighted by Crippen LogP contribution is -2.25. The van der Waals surface area contributed by atoms with Crippen LogP contribution in [0.15, 0.2) is 6.07 Å². The average molecular weight is 222 g/mol. The molecule has 0 saturated carbocycles. The number of benzene rings is 1. The van der Waals surface area contributed by atoms with E-state index >= 15 is 0 Å². The van der Waals surface area contributed by atoms with Gasteiger partial charge in [-0.1, -0.05) is 0 Å². The Labute approximate surface area is 98.0 Å². The van der Waals surface area contributed by atoms with Crippen LogP contribution in [0, 0.1) is 20.8 Å². The first kappa shape index (κ1) is 13.0. The summed E-state index contributed by atoms with van der Waals surface area (Å²) < 4.78 is 5.34. The van der Waals surface area contributed by atoms with Crippen molar-refractivity contribution in [1.29, 1.82) is 0 Å². The zero-order valence-corrected chi connectivity index (χ0v) is 10.8. The van der Waals surface area contributed by atoms with Crippen molar-refractivity contribution in [3.63, 3.8) is 0 Å². The fourth-order valence-electron chi connectivity index (χ4n) is 2.17. The van der Waals surface area contributed by atoms with E-state index in [1.54, 1.807) is 7.11 Å². The summed E-state index contributed by atoms with van der Waals surface area (Å²) in [5.41, 5.74) is 11.0. The normalized spacial score (nSPS) is 12.6. The number of methoxy groups -OCH3 is 1. The maximum Gasteiger partial charge on any atom is 0.122 e. The first-order chi connectivity index (χ1) is 7.52. The predicted octanol–water partition coefficient (Wildman–Crippen LogP) is 1.84. The van der Waals surface area contributed by atoms with Crippen molar-refractivity contribution < 1.29 is 4.74 Å². The number of likely N-dealkylation sites (N-methyl/N-ethyl adjacent to an activating group) is 1. The summed E-state index contributed by atoms with van der Waals surface area (Å²) in [4.78, 5) is 0. The SMILES string of the molecule is CNCC(N)c1c(C)cc(OC)c(C)c1C. The summed E-state index contributed by atoms with van der Waals surface area (Å²) in [5.74, 6) is 0.940. The zero-order valence-electron chi connectivity index (χ0n) is 10.8. The molecule has 0 aliphatic heterocycles. The van der Waals surface area contributed by atoms with E-state index in [2.05, 4.69) is 32.2 Å². The van der Waals surface area contributed by atoms with Crippen molar-refractivity contribution in [2.75, 3.05) is 20.7 Å². The molecule has 0 fully saturated rings. The molecule has 1 aromatic carbocycles. The maximum atomic E-state index is 6.16. The molecule has 0 spiro atoms. The van der Waals surface area contributed by atoms with E-state index in [1.165, 1.54) is 22.3 Å². The third-order valence-electron chi connectivity index (χ3n) is 3.12. The third-order valence-corrected chi connectivity index (χ3v) is 3.12. The fraction of sp³-hybridized carbons (Fsp3) is 0.538. The highest BCUT2D eigenvalue weighted by Gasteiger charge is 2.15. The van der Waals surface area contributed by atoms with Gasteiger partial charge in [0.15, 0.2) is 0 Å². The molecule has 3 nitrogen and oxygen atoms in total. The van der Waals surface area contributed by atoms with Gasteiger partial charge in [0.25, 0.3) is 0 Å². The Balaban J connectivity index is 3.24. The summed E-state index contributed by atoms with van der Waals surface area (Å²) in [7, 11) is 3.62. The topological polar surface area (TPSA) is 47.3 Å². The molecule has 1 rings (SSSR count). The first-order valence-electron chi connectivity index (χ1n) is 5.57. The summed E-state index contributed by atoms with van der Waals surface area (Å²) in [5, 5.41) is 3.11. The molecular weight excluding hydrogens is 200 g/mol. The summed E-state index contributed by atoms with van der Waals surface area (Å²) in [6.45, 7) is 7.05. The number of rotatable bonds is 4. The van der Waals surface area contributed by atoms with Crippen molar-refractivity contribution >= 4 is 0 Å². The number of nitrogens with two attached hydrogens (primary N) is 1. The van der Waals surface area contributed by atoms with E-state index in [1.807, 2.05) is 7.05 Å². The Hall–Kier alpha value is -1.06. The number of nitrogens with one attached hydrogen (secondary N) is 1. The van der Waals surface area contributed by atoms with Crippen LogP contribution in [0.4, 0.5) is 0 Å². The van der Waals surface area contributed by atoms with Gasteiger partial charge in [-0.15, -0.1) is 0 Å². The van der Waals surface area contributed by atoms with Crippen LogP contribution in [-0.2, 0) is 0 Å². The summed E-state index contributed by atoms with van der Waals surface area (Å²) >= 11 is 0. The van der Waals surface area contributed by atoms with E-state index in [-0.39, 0.29) is 6.04 Å². The molecule has 0 saturated heterocycles. The van der Waals surface area contributed by atoms with Gasteiger partial charge in [0.1, 0.15) is 5.75 Å². The first-order valence-corrected chi connectivity index (χ1v) is 5.57. The Morgan fingerprint density at radius 2 is 1.94 bits per heavy atom. The van der Waals surface area contributed by atoms with Gasteiger partial charge >= 0.3 is 0 Å². The van der Waals surface area contributed by atoms with E-state index in [0.717, 1.165) is 12.3 Å². The Kier molecular flexibility index (Phi) is 4.33. The largest absolute Gasteiger partial charge is 0.496 e. The van der Waals surface area contributed by atoms with Crippen LogP contribution in [0.5, 0.6) is 5.75 Å². The van der Waals surface area contributed by atoms with Crippen molar-refractivity contribution in [2.24, 2.45) is 5.73 Å². The molecule has 0 aliphatic rings.